The molecule has 1 saturated carbocycles. The van der Waals surface area contributed by atoms with E-state index in [1.165, 1.54) is 29.4 Å². The minimum Gasteiger partial charge on any atom is -0.449 e. The molecule has 1 heterocycles. The summed E-state index contributed by atoms with van der Waals surface area (Å²) in [7, 11) is -3.83. The van der Waals surface area contributed by atoms with Crippen molar-refractivity contribution in [2.75, 3.05) is 31.1 Å². The maximum Gasteiger partial charge on any atom is 0.340 e. The lowest BCUT2D eigenvalue weighted by Crippen LogP contribution is -2.48. The SMILES string of the molecule is C[C@H](OC(=O)c1cc(S(=O)(=O)N2CCN(c3ccccc3)CC2)ccc1Cl)C(=O)NC1CC1. The first-order valence-corrected chi connectivity index (χ1v) is 12.7. The second-order valence-corrected chi connectivity index (χ2v) is 10.5. The highest BCUT2D eigenvalue weighted by molar-refractivity contribution is 7.89. The molecule has 1 aliphatic heterocycles. The number of benzene rings is 2. The standard InChI is InChI=1S/C23H26ClN3O5S/c1-16(22(28)25-17-7-8-17)32-23(29)20-15-19(9-10-21(20)24)33(30,31)27-13-11-26(12-14-27)18-5-3-2-4-6-18/h2-6,9-10,15-17H,7-8,11-14H2,1H3,(H,25,28)/t16-/m0/s1. The maximum absolute atomic E-state index is 13.2. The van der Waals surface area contributed by atoms with Gasteiger partial charge in [0, 0.05) is 37.9 Å². The van der Waals surface area contributed by atoms with Crippen LogP contribution in [0, 0.1) is 0 Å². The molecule has 0 unspecified atom stereocenters. The topological polar surface area (TPSA) is 96.0 Å². The third-order valence-corrected chi connectivity index (χ3v) is 7.96. The zero-order valence-electron chi connectivity index (χ0n) is 18.2. The molecule has 2 aromatic rings. The molecule has 0 aromatic heterocycles. The molecule has 1 aliphatic carbocycles. The summed E-state index contributed by atoms with van der Waals surface area (Å²) < 4.78 is 33.1. The number of nitrogens with one attached hydrogen (secondary N) is 1. The lowest BCUT2D eigenvalue weighted by molar-refractivity contribution is -0.129. The van der Waals surface area contributed by atoms with Crippen LogP contribution in [0.2, 0.25) is 5.02 Å². The Kier molecular flexibility index (Phi) is 6.92. The average Bonchev–Trinajstić information content (AvgIpc) is 3.63. The van der Waals surface area contributed by atoms with Gasteiger partial charge < -0.3 is 15.0 Å². The molecule has 33 heavy (non-hydrogen) atoms. The molecule has 10 heteroatoms. The van der Waals surface area contributed by atoms with Gasteiger partial charge in [0.2, 0.25) is 10.0 Å². The molecule has 2 fully saturated rings. The van der Waals surface area contributed by atoms with Gasteiger partial charge >= 0.3 is 5.97 Å². The summed E-state index contributed by atoms with van der Waals surface area (Å²) in [5, 5.41) is 2.82. The van der Waals surface area contributed by atoms with Crippen molar-refractivity contribution < 1.29 is 22.7 Å². The van der Waals surface area contributed by atoms with Crippen LogP contribution in [0.3, 0.4) is 0 Å². The Labute approximate surface area is 198 Å². The Hall–Kier alpha value is -2.62. The number of anilines is 1. The zero-order chi connectivity index (χ0) is 23.6. The lowest BCUT2D eigenvalue weighted by atomic mass is 10.2. The molecular weight excluding hydrogens is 466 g/mol. The fourth-order valence-electron chi connectivity index (χ4n) is 3.62. The first kappa shape index (κ1) is 23.5. The monoisotopic (exact) mass is 491 g/mol. The van der Waals surface area contributed by atoms with E-state index in [9.17, 15) is 18.0 Å². The number of nitrogens with zero attached hydrogens (tertiary/aromatic N) is 2. The van der Waals surface area contributed by atoms with Crippen LogP contribution in [0.5, 0.6) is 0 Å². The van der Waals surface area contributed by atoms with E-state index in [2.05, 4.69) is 10.2 Å². The van der Waals surface area contributed by atoms with Crippen molar-refractivity contribution in [3.8, 4) is 0 Å². The van der Waals surface area contributed by atoms with Crippen molar-refractivity contribution in [2.24, 2.45) is 0 Å². The number of hydrogen-bond acceptors (Lipinski definition) is 6. The normalized spacial score (nSPS) is 17.9. The molecule has 2 aliphatic rings. The summed E-state index contributed by atoms with van der Waals surface area (Å²) in [6, 6.07) is 13.9. The molecule has 2 aromatic carbocycles. The second-order valence-electron chi connectivity index (χ2n) is 8.20. The van der Waals surface area contributed by atoms with E-state index in [1.54, 1.807) is 0 Å². The van der Waals surface area contributed by atoms with Crippen molar-refractivity contribution in [2.45, 2.75) is 36.8 Å². The summed E-state index contributed by atoms with van der Waals surface area (Å²) in [6.07, 6.45) is 0.815. The van der Waals surface area contributed by atoms with Gasteiger partial charge in [0.25, 0.3) is 5.91 Å². The summed E-state index contributed by atoms with van der Waals surface area (Å²) in [5.41, 5.74) is 0.956. The van der Waals surface area contributed by atoms with Crippen LogP contribution < -0.4 is 10.2 Å². The van der Waals surface area contributed by atoms with E-state index in [0.717, 1.165) is 18.5 Å². The van der Waals surface area contributed by atoms with Crippen LogP contribution in [0.1, 0.15) is 30.1 Å². The fraction of sp³-hybridized carbons (Fsp3) is 0.391. The number of ether oxygens (including phenoxy) is 1. The quantitative estimate of drug-likeness (QED) is 0.598. The summed E-state index contributed by atoms with van der Waals surface area (Å²) in [5.74, 6) is -1.23. The summed E-state index contributed by atoms with van der Waals surface area (Å²) in [6.45, 7) is 3.21. The molecule has 0 radical (unpaired) electrons. The molecule has 1 saturated heterocycles. The third-order valence-electron chi connectivity index (χ3n) is 5.73. The van der Waals surface area contributed by atoms with Crippen LogP contribution in [0.4, 0.5) is 5.69 Å². The summed E-state index contributed by atoms with van der Waals surface area (Å²) >= 11 is 6.15. The Balaban J connectivity index is 1.44. The van der Waals surface area contributed by atoms with Gasteiger partial charge in [-0.15, -0.1) is 0 Å². The van der Waals surface area contributed by atoms with Gasteiger partial charge in [-0.25, -0.2) is 13.2 Å². The highest BCUT2D eigenvalue weighted by atomic mass is 35.5. The van der Waals surface area contributed by atoms with Gasteiger partial charge in [-0.3, -0.25) is 4.79 Å². The molecule has 4 rings (SSSR count). The van der Waals surface area contributed by atoms with Crippen molar-refractivity contribution in [1.29, 1.82) is 0 Å². The van der Waals surface area contributed by atoms with Gasteiger partial charge in [0.05, 0.1) is 15.5 Å². The van der Waals surface area contributed by atoms with Crippen LogP contribution in [0.25, 0.3) is 0 Å². The van der Waals surface area contributed by atoms with Crippen molar-refractivity contribution >= 4 is 39.2 Å². The largest absolute Gasteiger partial charge is 0.449 e. The smallest absolute Gasteiger partial charge is 0.340 e. The molecule has 1 N–H and O–H groups in total. The molecule has 0 bridgehead atoms. The number of rotatable bonds is 7. The van der Waals surface area contributed by atoms with Crippen LogP contribution in [-0.2, 0) is 19.6 Å². The van der Waals surface area contributed by atoms with Gasteiger partial charge in [0.1, 0.15) is 0 Å². The van der Waals surface area contributed by atoms with Gasteiger partial charge in [-0.05, 0) is 50.1 Å². The van der Waals surface area contributed by atoms with Crippen LogP contribution >= 0.6 is 11.6 Å². The number of carbonyl (C=O) groups is 2. The number of para-hydroxylation sites is 1. The van der Waals surface area contributed by atoms with E-state index >= 15 is 0 Å². The molecule has 176 valence electrons. The lowest BCUT2D eigenvalue weighted by Gasteiger charge is -2.35. The number of hydrogen-bond donors (Lipinski definition) is 1. The Bertz CT molecular complexity index is 1130. The average molecular weight is 492 g/mol. The molecule has 0 spiro atoms. The number of piperazine rings is 1. The van der Waals surface area contributed by atoms with Crippen LogP contribution in [0.15, 0.2) is 53.4 Å². The summed E-state index contributed by atoms with van der Waals surface area (Å²) in [4.78, 5) is 26.8. The van der Waals surface area contributed by atoms with Gasteiger partial charge in [-0.2, -0.15) is 4.31 Å². The van der Waals surface area contributed by atoms with E-state index < -0.39 is 22.1 Å². The number of esters is 1. The number of carbonyl (C=O) groups excluding carboxylic acids is 2. The minimum absolute atomic E-state index is 0.0397. The van der Waals surface area contributed by atoms with E-state index in [4.69, 9.17) is 16.3 Å². The second kappa shape index (κ2) is 9.70. The predicted molar refractivity (Wildman–Crippen MR) is 125 cm³/mol. The van der Waals surface area contributed by atoms with Crippen LogP contribution in [-0.4, -0.2) is 62.9 Å². The minimum atomic E-state index is -3.83. The molecule has 1 amide bonds. The van der Waals surface area contributed by atoms with E-state index in [1.807, 2.05) is 30.3 Å². The Morgan fingerprint density at radius 3 is 2.36 bits per heavy atom. The van der Waals surface area contributed by atoms with Crippen molar-refractivity contribution in [1.82, 2.24) is 9.62 Å². The third kappa shape index (κ3) is 5.48. The molecule has 1 atom stereocenters. The van der Waals surface area contributed by atoms with E-state index in [0.29, 0.717) is 26.2 Å². The number of sulfonamides is 1. The Morgan fingerprint density at radius 1 is 1.06 bits per heavy atom. The number of amides is 1. The molecule has 8 nitrogen and oxygen atoms in total. The number of halogens is 1. The Morgan fingerprint density at radius 2 is 1.73 bits per heavy atom. The van der Waals surface area contributed by atoms with Gasteiger partial charge in [-0.1, -0.05) is 29.8 Å². The van der Waals surface area contributed by atoms with Crippen molar-refractivity contribution in [3.05, 3.63) is 59.1 Å². The maximum atomic E-state index is 13.2. The molecular formula is C23H26ClN3O5S. The van der Waals surface area contributed by atoms with E-state index in [-0.39, 0.29) is 27.4 Å². The highest BCUT2D eigenvalue weighted by Crippen LogP contribution is 2.26. The first-order valence-electron chi connectivity index (χ1n) is 10.9. The van der Waals surface area contributed by atoms with Crippen molar-refractivity contribution in [3.63, 3.8) is 0 Å². The predicted octanol–water partition coefficient (Wildman–Crippen LogP) is 2.67. The first-order chi connectivity index (χ1) is 15.8. The highest BCUT2D eigenvalue weighted by Gasteiger charge is 2.31. The zero-order valence-corrected chi connectivity index (χ0v) is 19.8. The fourth-order valence-corrected chi connectivity index (χ4v) is 5.26. The van der Waals surface area contributed by atoms with Gasteiger partial charge in [0.15, 0.2) is 6.10 Å².